The van der Waals surface area contributed by atoms with Crippen LogP contribution in [-0.4, -0.2) is 28.3 Å². The SMILES string of the molecule is CC(C)[Si](OCc1cc(C(O)(CCO[Si](C)(C)C(C)(C)C)C2CC2)cs1)(C(C)C)C(C)C. The van der Waals surface area contributed by atoms with E-state index in [2.05, 4.69) is 86.9 Å². The molecular formula is C26H50O3SSi2. The van der Waals surface area contributed by atoms with Crippen molar-refractivity contribution in [3.63, 3.8) is 0 Å². The standard InChI is InChI=1S/C26H50O3SSi2/c1-19(2)32(20(3)4,21(5)6)29-17-24-16-23(18-30-24)26(27,22-12-13-22)14-15-28-31(10,11)25(7,8)9/h16,18-22,27H,12-15,17H2,1-11H3. The van der Waals surface area contributed by atoms with Crippen molar-refractivity contribution in [2.75, 3.05) is 6.61 Å². The predicted molar refractivity (Wildman–Crippen MR) is 145 cm³/mol. The fraction of sp³-hybridized carbons (Fsp3) is 0.846. The highest BCUT2D eigenvalue weighted by Gasteiger charge is 2.47. The molecule has 1 N–H and O–H groups in total. The van der Waals surface area contributed by atoms with Gasteiger partial charge in [-0.3, -0.25) is 0 Å². The molecule has 0 bridgehead atoms. The second kappa shape index (κ2) is 10.3. The van der Waals surface area contributed by atoms with E-state index in [4.69, 9.17) is 8.85 Å². The third kappa shape index (κ3) is 5.98. The van der Waals surface area contributed by atoms with Crippen LogP contribution in [-0.2, 0) is 21.1 Å². The van der Waals surface area contributed by atoms with Crippen molar-refractivity contribution in [2.24, 2.45) is 5.92 Å². The van der Waals surface area contributed by atoms with Crippen LogP contribution in [0.1, 0.15) is 92.0 Å². The van der Waals surface area contributed by atoms with Crippen molar-refractivity contribution in [1.82, 2.24) is 0 Å². The Labute approximate surface area is 204 Å². The summed E-state index contributed by atoms with van der Waals surface area (Å²) >= 11 is 1.75. The molecule has 0 amide bonds. The van der Waals surface area contributed by atoms with Gasteiger partial charge in [0.15, 0.2) is 8.32 Å². The first-order valence-electron chi connectivity index (χ1n) is 12.7. The molecule has 1 aliphatic carbocycles. The van der Waals surface area contributed by atoms with Crippen molar-refractivity contribution in [2.45, 2.75) is 129 Å². The first kappa shape index (κ1) is 28.3. The lowest BCUT2D eigenvalue weighted by Crippen LogP contribution is -2.47. The Bertz CT molecular complexity index is 710. The summed E-state index contributed by atoms with van der Waals surface area (Å²) in [6, 6.07) is 2.22. The fourth-order valence-corrected chi connectivity index (χ4v) is 12.6. The number of aliphatic hydroxyl groups is 1. The quantitative estimate of drug-likeness (QED) is 0.294. The largest absolute Gasteiger partial charge is 0.417 e. The van der Waals surface area contributed by atoms with E-state index in [-0.39, 0.29) is 5.04 Å². The van der Waals surface area contributed by atoms with E-state index >= 15 is 0 Å². The predicted octanol–water partition coefficient (Wildman–Crippen LogP) is 8.45. The zero-order valence-electron chi connectivity index (χ0n) is 22.7. The van der Waals surface area contributed by atoms with Gasteiger partial charge in [0.1, 0.15) is 0 Å². The molecule has 1 heterocycles. The van der Waals surface area contributed by atoms with Crippen LogP contribution in [0.25, 0.3) is 0 Å². The van der Waals surface area contributed by atoms with Gasteiger partial charge < -0.3 is 14.0 Å². The summed E-state index contributed by atoms with van der Waals surface area (Å²) in [5.74, 6) is 0.365. The molecule has 32 heavy (non-hydrogen) atoms. The molecule has 1 fully saturated rings. The fourth-order valence-electron chi connectivity index (χ4n) is 5.20. The summed E-state index contributed by atoms with van der Waals surface area (Å²) < 4.78 is 13.2. The number of hydrogen-bond donors (Lipinski definition) is 1. The van der Waals surface area contributed by atoms with Crippen LogP contribution in [0, 0.1) is 5.92 Å². The Hall–Kier alpha value is 0.0138. The van der Waals surface area contributed by atoms with Gasteiger partial charge in [0.05, 0.1) is 12.2 Å². The van der Waals surface area contributed by atoms with Crippen LogP contribution in [0.5, 0.6) is 0 Å². The minimum Gasteiger partial charge on any atom is -0.417 e. The van der Waals surface area contributed by atoms with Crippen LogP contribution in [0.2, 0.25) is 34.8 Å². The lowest BCUT2D eigenvalue weighted by atomic mass is 9.87. The second-order valence-corrected chi connectivity index (χ2v) is 23.7. The molecule has 1 saturated carbocycles. The molecule has 0 saturated heterocycles. The molecule has 3 nitrogen and oxygen atoms in total. The maximum atomic E-state index is 11.7. The normalized spacial score (nSPS) is 18.1. The first-order chi connectivity index (χ1) is 14.6. The van der Waals surface area contributed by atoms with Crippen LogP contribution < -0.4 is 0 Å². The van der Waals surface area contributed by atoms with Gasteiger partial charge in [0.2, 0.25) is 8.32 Å². The Kier molecular flexibility index (Phi) is 9.12. The van der Waals surface area contributed by atoms with E-state index in [1.807, 2.05) is 0 Å². The molecule has 186 valence electrons. The average Bonchev–Trinajstić information content (AvgIpc) is 3.39. The molecule has 1 atom stereocenters. The maximum Gasteiger partial charge on any atom is 0.200 e. The molecular weight excluding hydrogens is 449 g/mol. The molecule has 0 spiro atoms. The van der Waals surface area contributed by atoms with Crippen LogP contribution in [0.3, 0.4) is 0 Å². The third-order valence-electron chi connectivity index (χ3n) is 8.33. The number of rotatable bonds is 12. The summed E-state index contributed by atoms with van der Waals surface area (Å²) in [6.45, 7) is 26.7. The van der Waals surface area contributed by atoms with E-state index in [9.17, 15) is 5.11 Å². The van der Waals surface area contributed by atoms with Crippen molar-refractivity contribution in [3.8, 4) is 0 Å². The molecule has 0 aliphatic heterocycles. The summed E-state index contributed by atoms with van der Waals surface area (Å²) in [6.07, 6.45) is 2.91. The molecule has 1 aromatic rings. The van der Waals surface area contributed by atoms with Crippen molar-refractivity contribution < 1.29 is 14.0 Å². The Morgan fingerprint density at radius 3 is 1.97 bits per heavy atom. The van der Waals surface area contributed by atoms with Gasteiger partial charge in [-0.15, -0.1) is 11.3 Å². The maximum absolute atomic E-state index is 11.7. The monoisotopic (exact) mass is 498 g/mol. The Morgan fingerprint density at radius 2 is 1.53 bits per heavy atom. The molecule has 1 aromatic heterocycles. The average molecular weight is 499 g/mol. The Balaban J connectivity index is 2.12. The van der Waals surface area contributed by atoms with Gasteiger partial charge in [-0.25, -0.2) is 0 Å². The number of hydrogen-bond acceptors (Lipinski definition) is 4. The van der Waals surface area contributed by atoms with Crippen LogP contribution in [0.15, 0.2) is 11.4 Å². The number of thiophene rings is 1. The van der Waals surface area contributed by atoms with E-state index in [1.165, 1.54) is 4.88 Å². The molecule has 2 rings (SSSR count). The highest BCUT2D eigenvalue weighted by Crippen LogP contribution is 2.49. The molecule has 1 aliphatic rings. The second-order valence-electron chi connectivity index (χ2n) is 12.5. The smallest absolute Gasteiger partial charge is 0.200 e. The summed E-state index contributed by atoms with van der Waals surface area (Å²) in [5, 5.41) is 14.1. The zero-order chi connectivity index (χ0) is 24.5. The highest BCUT2D eigenvalue weighted by atomic mass is 32.1. The Morgan fingerprint density at radius 1 is 1.00 bits per heavy atom. The van der Waals surface area contributed by atoms with E-state index < -0.39 is 22.2 Å². The molecule has 0 aromatic carbocycles. The zero-order valence-corrected chi connectivity index (χ0v) is 25.5. The summed E-state index contributed by atoms with van der Waals surface area (Å²) in [4.78, 5) is 1.24. The molecule has 0 radical (unpaired) electrons. The van der Waals surface area contributed by atoms with Crippen molar-refractivity contribution >= 4 is 28.0 Å². The summed E-state index contributed by atoms with van der Waals surface area (Å²) in [7, 11) is -3.69. The topological polar surface area (TPSA) is 38.7 Å². The molecule has 1 unspecified atom stereocenters. The van der Waals surface area contributed by atoms with Gasteiger partial charge in [0, 0.05) is 17.9 Å². The molecule has 6 heteroatoms. The highest BCUT2D eigenvalue weighted by molar-refractivity contribution is 7.10. The first-order valence-corrected chi connectivity index (χ1v) is 18.6. The lowest BCUT2D eigenvalue weighted by Gasteiger charge is -2.42. The van der Waals surface area contributed by atoms with Gasteiger partial charge in [-0.1, -0.05) is 62.3 Å². The van der Waals surface area contributed by atoms with E-state index in [0.29, 0.717) is 42.2 Å². The lowest BCUT2D eigenvalue weighted by molar-refractivity contribution is -0.00821. The minimum atomic E-state index is -1.89. The van der Waals surface area contributed by atoms with Crippen molar-refractivity contribution in [1.29, 1.82) is 0 Å². The van der Waals surface area contributed by atoms with Crippen molar-refractivity contribution in [3.05, 3.63) is 21.9 Å². The van der Waals surface area contributed by atoms with Gasteiger partial charge in [0.25, 0.3) is 0 Å². The van der Waals surface area contributed by atoms with E-state index in [1.54, 1.807) is 11.3 Å². The van der Waals surface area contributed by atoms with Crippen LogP contribution in [0.4, 0.5) is 0 Å². The van der Waals surface area contributed by atoms with Gasteiger partial charge >= 0.3 is 0 Å². The van der Waals surface area contributed by atoms with Crippen LogP contribution >= 0.6 is 11.3 Å². The minimum absolute atomic E-state index is 0.192. The third-order valence-corrected chi connectivity index (χ3v) is 19.8. The summed E-state index contributed by atoms with van der Waals surface area (Å²) in [5.41, 5.74) is 2.06. The van der Waals surface area contributed by atoms with Gasteiger partial charge in [-0.05, 0) is 70.5 Å². The van der Waals surface area contributed by atoms with E-state index in [0.717, 1.165) is 18.4 Å². The van der Waals surface area contributed by atoms with Gasteiger partial charge in [-0.2, -0.15) is 0 Å².